The second-order valence-electron chi connectivity index (χ2n) is 7.11. The van der Waals surface area contributed by atoms with E-state index in [0.717, 1.165) is 64.4 Å². The minimum Gasteiger partial charge on any atom is -0.383 e. The van der Waals surface area contributed by atoms with E-state index < -0.39 is 0 Å². The maximum Gasteiger partial charge on any atom is 0.230 e. The number of hydrogen-bond acceptors (Lipinski definition) is 4. The van der Waals surface area contributed by atoms with Crippen molar-refractivity contribution < 1.29 is 9.53 Å². The Morgan fingerprint density at radius 2 is 1.84 bits per heavy atom. The fraction of sp³-hybridized carbons (Fsp3) is 0.889. The maximum absolute atomic E-state index is 12.6. The summed E-state index contributed by atoms with van der Waals surface area (Å²) in [5, 5.41) is 6.65. The molecule has 1 fully saturated rings. The van der Waals surface area contributed by atoms with Crippen LogP contribution in [-0.4, -0.2) is 89.3 Å². The smallest absolute Gasteiger partial charge is 0.230 e. The molecule has 0 bridgehead atoms. The van der Waals surface area contributed by atoms with Gasteiger partial charge in [0.2, 0.25) is 5.91 Å². The number of carbonyl (C=O) groups excluding carboxylic acids is 1. The van der Waals surface area contributed by atoms with Crippen molar-refractivity contribution >= 4 is 11.9 Å². The average Bonchev–Trinajstić information content (AvgIpc) is 3.07. The Kier molecular flexibility index (Phi) is 9.82. The number of nitrogens with one attached hydrogen (secondary N) is 2. The fourth-order valence-corrected chi connectivity index (χ4v) is 3.26. The quantitative estimate of drug-likeness (QED) is 0.447. The molecule has 0 atom stereocenters. The van der Waals surface area contributed by atoms with Crippen LogP contribution in [0.15, 0.2) is 4.99 Å². The molecular weight excluding hydrogens is 318 g/mol. The number of ether oxygens (including phenoxy) is 1. The van der Waals surface area contributed by atoms with Gasteiger partial charge in [-0.15, -0.1) is 0 Å². The van der Waals surface area contributed by atoms with Crippen molar-refractivity contribution in [2.45, 2.75) is 32.6 Å². The Morgan fingerprint density at radius 1 is 1.16 bits per heavy atom. The van der Waals surface area contributed by atoms with Crippen LogP contribution in [0.1, 0.15) is 32.6 Å². The first-order valence-corrected chi connectivity index (χ1v) is 9.36. The molecule has 0 radical (unpaired) electrons. The standard InChI is InChI=1S/C18H37N5O2/c1-6-19-17(20-11-12-23(4)13-14-25-5)21-15-18(9-7-8-10-18)16(24)22(2)3/h6-15H2,1-5H3,(H2,19,20,21). The molecular formula is C18H37N5O2. The molecule has 7 nitrogen and oxygen atoms in total. The predicted molar refractivity (Wildman–Crippen MR) is 103 cm³/mol. The largest absolute Gasteiger partial charge is 0.383 e. The summed E-state index contributed by atoms with van der Waals surface area (Å²) in [4.78, 5) is 21.3. The highest BCUT2D eigenvalue weighted by molar-refractivity contribution is 5.84. The van der Waals surface area contributed by atoms with E-state index in [4.69, 9.17) is 9.73 Å². The molecule has 146 valence electrons. The molecule has 7 heteroatoms. The van der Waals surface area contributed by atoms with Gasteiger partial charge in [-0.1, -0.05) is 12.8 Å². The van der Waals surface area contributed by atoms with Crippen LogP contribution < -0.4 is 10.6 Å². The number of guanidine groups is 1. The van der Waals surface area contributed by atoms with Gasteiger partial charge in [0, 0.05) is 47.4 Å². The van der Waals surface area contributed by atoms with Crippen LogP contribution in [0.2, 0.25) is 0 Å². The van der Waals surface area contributed by atoms with Gasteiger partial charge in [-0.3, -0.25) is 9.79 Å². The Bertz CT molecular complexity index is 420. The topological polar surface area (TPSA) is 69.2 Å². The van der Waals surface area contributed by atoms with Gasteiger partial charge in [0.1, 0.15) is 0 Å². The minimum atomic E-state index is -0.318. The molecule has 2 N–H and O–H groups in total. The number of likely N-dealkylation sites (N-methyl/N-ethyl adjacent to an activating group) is 1. The van der Waals surface area contributed by atoms with E-state index in [0.29, 0.717) is 6.54 Å². The summed E-state index contributed by atoms with van der Waals surface area (Å²) in [6.45, 7) is 6.78. The zero-order valence-electron chi connectivity index (χ0n) is 16.7. The molecule has 0 spiro atoms. The fourth-order valence-electron chi connectivity index (χ4n) is 3.26. The average molecular weight is 356 g/mol. The number of amides is 1. The summed E-state index contributed by atoms with van der Waals surface area (Å²) < 4.78 is 5.09. The number of methoxy groups -OCH3 is 1. The Hall–Kier alpha value is -1.34. The molecule has 0 heterocycles. The summed E-state index contributed by atoms with van der Waals surface area (Å²) in [5.41, 5.74) is -0.318. The molecule has 1 aliphatic rings. The highest BCUT2D eigenvalue weighted by atomic mass is 16.5. The SMILES string of the molecule is CCNC(=NCC1(C(=O)N(C)C)CCCC1)NCCN(C)CCOC. The third kappa shape index (κ3) is 7.20. The van der Waals surface area contributed by atoms with E-state index in [-0.39, 0.29) is 11.3 Å². The molecule has 0 aliphatic heterocycles. The maximum atomic E-state index is 12.6. The zero-order chi connectivity index (χ0) is 18.7. The number of carbonyl (C=O) groups is 1. The van der Waals surface area contributed by atoms with Gasteiger partial charge in [0.15, 0.2) is 5.96 Å². The number of rotatable bonds is 10. The lowest BCUT2D eigenvalue weighted by Crippen LogP contribution is -2.44. The van der Waals surface area contributed by atoms with Crippen LogP contribution in [0.25, 0.3) is 0 Å². The van der Waals surface area contributed by atoms with Crippen molar-refractivity contribution in [1.82, 2.24) is 20.4 Å². The van der Waals surface area contributed by atoms with Gasteiger partial charge in [-0.2, -0.15) is 0 Å². The molecule has 1 amide bonds. The molecule has 1 saturated carbocycles. The lowest BCUT2D eigenvalue weighted by molar-refractivity contribution is -0.138. The first-order valence-electron chi connectivity index (χ1n) is 9.36. The summed E-state index contributed by atoms with van der Waals surface area (Å²) in [5.74, 6) is 1.00. The van der Waals surface area contributed by atoms with E-state index in [1.165, 1.54) is 0 Å². The number of aliphatic imine (C=N–C) groups is 1. The van der Waals surface area contributed by atoms with Crippen LogP contribution in [0, 0.1) is 5.41 Å². The Balaban J connectivity index is 2.59. The third-order valence-corrected chi connectivity index (χ3v) is 4.77. The zero-order valence-corrected chi connectivity index (χ0v) is 16.7. The molecule has 0 aromatic heterocycles. The number of nitrogens with zero attached hydrogens (tertiary/aromatic N) is 3. The first-order chi connectivity index (χ1) is 11.9. The Morgan fingerprint density at radius 3 is 2.40 bits per heavy atom. The van der Waals surface area contributed by atoms with Gasteiger partial charge in [-0.25, -0.2) is 0 Å². The van der Waals surface area contributed by atoms with Crippen molar-refractivity contribution in [2.24, 2.45) is 10.4 Å². The molecule has 25 heavy (non-hydrogen) atoms. The first kappa shape index (κ1) is 21.7. The van der Waals surface area contributed by atoms with E-state index >= 15 is 0 Å². The van der Waals surface area contributed by atoms with Gasteiger partial charge in [0.05, 0.1) is 18.6 Å². The second kappa shape index (κ2) is 11.3. The van der Waals surface area contributed by atoms with Crippen molar-refractivity contribution in [1.29, 1.82) is 0 Å². The highest BCUT2D eigenvalue weighted by Gasteiger charge is 2.41. The van der Waals surface area contributed by atoms with Gasteiger partial charge >= 0.3 is 0 Å². The van der Waals surface area contributed by atoms with E-state index in [1.807, 2.05) is 14.1 Å². The summed E-state index contributed by atoms with van der Waals surface area (Å²) in [6, 6.07) is 0. The monoisotopic (exact) mass is 355 g/mol. The van der Waals surface area contributed by atoms with Crippen molar-refractivity contribution in [3.8, 4) is 0 Å². The molecule has 1 rings (SSSR count). The molecule has 0 unspecified atom stereocenters. The predicted octanol–water partition coefficient (Wildman–Crippen LogP) is 0.768. The molecule has 0 aromatic rings. The van der Waals surface area contributed by atoms with E-state index in [1.54, 1.807) is 12.0 Å². The van der Waals surface area contributed by atoms with E-state index in [2.05, 4.69) is 29.5 Å². The normalized spacial score (nSPS) is 17.0. The van der Waals surface area contributed by atoms with Crippen LogP contribution in [0.5, 0.6) is 0 Å². The summed E-state index contributed by atoms with van der Waals surface area (Å²) in [7, 11) is 7.47. The van der Waals surface area contributed by atoms with Crippen molar-refractivity contribution in [3.63, 3.8) is 0 Å². The lowest BCUT2D eigenvalue weighted by atomic mass is 9.85. The van der Waals surface area contributed by atoms with Gasteiger partial charge in [-0.05, 0) is 26.8 Å². The van der Waals surface area contributed by atoms with Crippen LogP contribution in [0.3, 0.4) is 0 Å². The summed E-state index contributed by atoms with van der Waals surface area (Å²) in [6.07, 6.45) is 4.10. The molecule has 1 aliphatic carbocycles. The molecule has 0 saturated heterocycles. The van der Waals surface area contributed by atoms with E-state index in [9.17, 15) is 4.79 Å². The number of hydrogen-bond donors (Lipinski definition) is 2. The van der Waals surface area contributed by atoms with Gasteiger partial charge < -0.3 is 25.2 Å². The lowest BCUT2D eigenvalue weighted by Gasteiger charge is -2.29. The summed E-state index contributed by atoms with van der Waals surface area (Å²) >= 11 is 0. The van der Waals surface area contributed by atoms with Crippen LogP contribution in [0.4, 0.5) is 0 Å². The second-order valence-corrected chi connectivity index (χ2v) is 7.11. The van der Waals surface area contributed by atoms with Crippen LogP contribution >= 0.6 is 0 Å². The highest BCUT2D eigenvalue weighted by Crippen LogP contribution is 2.39. The van der Waals surface area contributed by atoms with Crippen molar-refractivity contribution in [3.05, 3.63) is 0 Å². The third-order valence-electron chi connectivity index (χ3n) is 4.77. The van der Waals surface area contributed by atoms with Crippen LogP contribution in [-0.2, 0) is 9.53 Å². The van der Waals surface area contributed by atoms with Gasteiger partial charge in [0.25, 0.3) is 0 Å². The Labute approximate surface area is 153 Å². The van der Waals surface area contributed by atoms with Crippen molar-refractivity contribution in [2.75, 3.05) is 67.6 Å². The minimum absolute atomic E-state index is 0.212. The molecule has 0 aromatic carbocycles.